The molecule has 2 aromatic heterocycles. The first-order valence-corrected chi connectivity index (χ1v) is 12.1. The molecule has 5 rings (SSSR count). The third-order valence-corrected chi connectivity index (χ3v) is 6.08. The minimum absolute atomic E-state index is 0. The first-order valence-electron chi connectivity index (χ1n) is 12.1. The van der Waals surface area contributed by atoms with Crippen molar-refractivity contribution in [2.45, 2.75) is 6.92 Å². The van der Waals surface area contributed by atoms with E-state index in [0.717, 1.165) is 57.8 Å². The third kappa shape index (κ3) is 6.28. The molecule has 2 heterocycles. The third-order valence-electron chi connectivity index (χ3n) is 6.08. The van der Waals surface area contributed by atoms with Crippen molar-refractivity contribution in [1.82, 2.24) is 24.4 Å². The number of imidazole rings is 1. The fraction of sp³-hybridized carbons (Fsp3) is 0.207. The zero-order valence-electron chi connectivity index (χ0n) is 22.2. The molecular weight excluding hydrogens is 471 g/mol. The number of rotatable bonds is 10. The fourth-order valence-corrected chi connectivity index (χ4v) is 3.96. The smallest absolute Gasteiger partial charge is 0.551 e. The normalized spacial score (nSPS) is 11.1. The van der Waals surface area contributed by atoms with Gasteiger partial charge in [0, 0.05) is 24.6 Å². The topological polar surface area (TPSA) is 77.3 Å². The van der Waals surface area contributed by atoms with E-state index >= 15 is 0 Å². The number of aromatic nitrogens is 4. The Morgan fingerprint density at radius 1 is 1.11 bits per heavy atom. The molecule has 1 N–H and O–H groups in total. The second kappa shape index (κ2) is 12.3. The predicted octanol–water partition coefficient (Wildman–Crippen LogP) is 2.51. The molecule has 190 valence electrons. The van der Waals surface area contributed by atoms with Gasteiger partial charge < -0.3 is 31.2 Å². The number of aryl methyl sites for hydroxylation is 2. The Labute approximate surface area is 235 Å². The molecule has 9 heteroatoms. The molecule has 0 unspecified atom stereocenters. The van der Waals surface area contributed by atoms with Crippen LogP contribution in [0.15, 0.2) is 61.2 Å². The monoisotopic (exact) mass is 500 g/mol. The van der Waals surface area contributed by atoms with Gasteiger partial charge >= 0.3 is 18.9 Å². The summed E-state index contributed by atoms with van der Waals surface area (Å²) in [6.45, 7) is 7.94. The van der Waals surface area contributed by atoms with Crippen molar-refractivity contribution < 1.29 is 28.3 Å². The van der Waals surface area contributed by atoms with Crippen LogP contribution < -0.4 is 33.7 Å². The van der Waals surface area contributed by atoms with Crippen LogP contribution in [-0.4, -0.2) is 51.2 Å². The van der Waals surface area contributed by atoms with Gasteiger partial charge in [-0.15, -0.1) is 25.2 Å². The Balaban J connectivity index is 0.00000336. The molecule has 8 nitrogen and oxygen atoms in total. The van der Waals surface area contributed by atoms with Crippen LogP contribution in [-0.2, 0) is 7.05 Å². The van der Waals surface area contributed by atoms with Gasteiger partial charge in [0.15, 0.2) is 0 Å². The summed E-state index contributed by atoms with van der Waals surface area (Å²) >= 11 is 0. The van der Waals surface area contributed by atoms with Gasteiger partial charge in [0.2, 0.25) is 0 Å². The van der Waals surface area contributed by atoms with Crippen LogP contribution in [0.2, 0.25) is 0 Å². The minimum atomic E-state index is 0. The summed E-state index contributed by atoms with van der Waals surface area (Å²) < 4.78 is 13.9. The summed E-state index contributed by atoms with van der Waals surface area (Å²) in [5.74, 6) is 2.87. The van der Waals surface area contributed by atoms with E-state index in [9.17, 15) is 0 Å². The standard InChI is InChI=1S/C29H29N6O2.Li/c1-5-34(3)13-6-14-36-22-8-10-24-25(16-22)30-18-31-29(24)33-21-7-12-28(20(2)15-21)37-23-9-11-27-26(17-23)32-19-35(27)4;/h6-7,9-12,15-19H,1,5,13-14H2,2-4H3,(H,30,31,33);/q-3;+1. The molecule has 0 atom stereocenters. The van der Waals surface area contributed by atoms with Gasteiger partial charge in [-0.2, -0.15) is 6.07 Å². The predicted molar refractivity (Wildman–Crippen MR) is 146 cm³/mol. The van der Waals surface area contributed by atoms with Gasteiger partial charge in [0.1, 0.15) is 17.8 Å². The summed E-state index contributed by atoms with van der Waals surface area (Å²) in [5.41, 5.74) is 4.63. The van der Waals surface area contributed by atoms with Crippen LogP contribution in [0.3, 0.4) is 0 Å². The number of ether oxygens (including phenoxy) is 2. The van der Waals surface area contributed by atoms with E-state index in [-0.39, 0.29) is 18.9 Å². The largest absolute Gasteiger partial charge is 1.00 e. The second-order valence-corrected chi connectivity index (χ2v) is 8.89. The summed E-state index contributed by atoms with van der Waals surface area (Å²) in [6, 6.07) is 18.8. The molecule has 0 amide bonds. The van der Waals surface area contributed by atoms with Crippen molar-refractivity contribution in [3.63, 3.8) is 0 Å². The van der Waals surface area contributed by atoms with Crippen molar-refractivity contribution >= 4 is 33.4 Å². The molecular formula is C29H29LiN6O2-2. The van der Waals surface area contributed by atoms with E-state index in [1.807, 2.05) is 74.1 Å². The van der Waals surface area contributed by atoms with E-state index in [0.29, 0.717) is 18.2 Å². The molecule has 38 heavy (non-hydrogen) atoms. The van der Waals surface area contributed by atoms with Crippen molar-refractivity contribution in [1.29, 1.82) is 0 Å². The Kier molecular flexibility index (Phi) is 8.90. The van der Waals surface area contributed by atoms with Crippen LogP contribution >= 0.6 is 0 Å². The number of hydrogen-bond acceptors (Lipinski definition) is 7. The van der Waals surface area contributed by atoms with Crippen LogP contribution in [0.1, 0.15) is 5.56 Å². The van der Waals surface area contributed by atoms with Crippen molar-refractivity contribution in [3.8, 4) is 17.2 Å². The molecule has 3 aromatic carbocycles. The Morgan fingerprint density at radius 3 is 2.79 bits per heavy atom. The van der Waals surface area contributed by atoms with E-state index in [2.05, 4.69) is 44.6 Å². The van der Waals surface area contributed by atoms with Crippen LogP contribution in [0, 0.1) is 26.3 Å². The molecule has 0 radical (unpaired) electrons. The quantitative estimate of drug-likeness (QED) is 0.179. The van der Waals surface area contributed by atoms with E-state index < -0.39 is 0 Å². The molecule has 0 saturated heterocycles. The Morgan fingerprint density at radius 2 is 1.97 bits per heavy atom. The van der Waals surface area contributed by atoms with E-state index in [4.69, 9.17) is 9.47 Å². The van der Waals surface area contributed by atoms with Crippen LogP contribution in [0.25, 0.3) is 21.9 Å². The number of fused-ring (bicyclic) bond motifs is 2. The average molecular weight is 501 g/mol. The van der Waals surface area contributed by atoms with Crippen LogP contribution in [0.4, 0.5) is 11.5 Å². The average Bonchev–Trinajstić information content (AvgIpc) is 3.28. The summed E-state index contributed by atoms with van der Waals surface area (Å²) in [7, 11) is 3.99. The van der Waals surface area contributed by atoms with E-state index in [1.165, 1.54) is 0 Å². The van der Waals surface area contributed by atoms with Crippen LogP contribution in [0.5, 0.6) is 17.2 Å². The first kappa shape index (κ1) is 27.5. The minimum Gasteiger partial charge on any atom is -0.551 e. The van der Waals surface area contributed by atoms with Crippen molar-refractivity contribution in [2.75, 3.05) is 32.1 Å². The molecule has 0 saturated carbocycles. The summed E-state index contributed by atoms with van der Waals surface area (Å²) in [6.07, 6.45) is 5.40. The molecule has 0 aliphatic carbocycles. The van der Waals surface area contributed by atoms with Gasteiger partial charge in [-0.25, -0.2) is 9.97 Å². The number of hydrogen-bond donors (Lipinski definition) is 1. The number of benzene rings is 3. The molecule has 0 aliphatic heterocycles. The van der Waals surface area contributed by atoms with Gasteiger partial charge in [0.05, 0.1) is 23.2 Å². The van der Waals surface area contributed by atoms with Crippen molar-refractivity contribution in [3.05, 3.63) is 86.2 Å². The number of anilines is 2. The maximum absolute atomic E-state index is 6.14. The molecule has 0 bridgehead atoms. The van der Waals surface area contributed by atoms with Gasteiger partial charge in [0.25, 0.3) is 0 Å². The molecule has 0 aliphatic rings. The molecule has 5 aromatic rings. The zero-order valence-corrected chi connectivity index (χ0v) is 22.2. The first-order chi connectivity index (χ1) is 18.0. The van der Waals surface area contributed by atoms with Gasteiger partial charge in [-0.3, -0.25) is 11.4 Å². The fourth-order valence-electron chi connectivity index (χ4n) is 3.96. The summed E-state index contributed by atoms with van der Waals surface area (Å²) in [4.78, 5) is 15.4. The maximum Gasteiger partial charge on any atom is 1.00 e. The Hall–Kier alpha value is -3.57. The Bertz CT molecular complexity index is 1540. The zero-order chi connectivity index (χ0) is 25.8. The second-order valence-electron chi connectivity index (χ2n) is 8.89. The molecule has 0 spiro atoms. The van der Waals surface area contributed by atoms with Crippen molar-refractivity contribution in [2.24, 2.45) is 7.05 Å². The number of nitrogens with zero attached hydrogens (tertiary/aromatic N) is 5. The molecule has 0 fully saturated rings. The summed E-state index contributed by atoms with van der Waals surface area (Å²) in [5, 5.41) is 4.26. The van der Waals surface area contributed by atoms with Gasteiger partial charge in [-0.05, 0) is 62.0 Å². The SMILES string of the molecule is [CH2-]CN(C)C[CH-]COc1[c-]cc2c(Nc3ccc(Oc4ccc5c(c4)ncn5C)c(C)c3)ncnc2c1.[Li+]. The maximum atomic E-state index is 6.14. The van der Waals surface area contributed by atoms with E-state index in [1.54, 1.807) is 12.7 Å². The van der Waals surface area contributed by atoms with Gasteiger partial charge in [-0.1, -0.05) is 5.39 Å². The number of nitrogens with one attached hydrogen (secondary N) is 1.